The van der Waals surface area contributed by atoms with Gasteiger partial charge in [0, 0.05) is 20.1 Å². The summed E-state index contributed by atoms with van der Waals surface area (Å²) in [4.78, 5) is 1.95. The Morgan fingerprint density at radius 2 is 1.06 bits per heavy atom. The lowest BCUT2D eigenvalue weighted by Crippen LogP contribution is -2.74. The van der Waals surface area contributed by atoms with Crippen LogP contribution in [0.2, 0.25) is 0 Å². The van der Waals surface area contributed by atoms with Gasteiger partial charge in [0.1, 0.15) is 10.3 Å². The Labute approximate surface area is 186 Å². The van der Waals surface area contributed by atoms with Crippen LogP contribution in [0.4, 0.5) is 0 Å². The second-order valence-electron chi connectivity index (χ2n) is 8.29. The first kappa shape index (κ1) is 21.4. The van der Waals surface area contributed by atoms with Gasteiger partial charge < -0.3 is 4.90 Å². The zero-order chi connectivity index (χ0) is 22.2. The van der Waals surface area contributed by atoms with E-state index in [2.05, 4.69) is 36.4 Å². The first-order valence-corrected chi connectivity index (χ1v) is 13.9. The number of sulfonamides is 1. The molecule has 4 rings (SSSR count). The lowest BCUT2D eigenvalue weighted by atomic mass is 10.3. The zero-order valence-corrected chi connectivity index (χ0v) is 20.2. The van der Waals surface area contributed by atoms with Crippen molar-refractivity contribution in [2.45, 2.75) is 19.9 Å². The van der Waals surface area contributed by atoms with E-state index in [1.807, 2.05) is 87.4 Å². The molecule has 0 saturated heterocycles. The van der Waals surface area contributed by atoms with Crippen LogP contribution in [-0.2, 0) is 10.0 Å². The van der Waals surface area contributed by atoms with Crippen molar-refractivity contribution in [2.24, 2.45) is 0 Å². The summed E-state index contributed by atoms with van der Waals surface area (Å²) in [6, 6.07) is 30.3. The summed E-state index contributed by atoms with van der Waals surface area (Å²) in [5.41, 5.74) is 0. The van der Waals surface area contributed by atoms with Crippen LogP contribution in [0.1, 0.15) is 13.8 Å². The quantitative estimate of drug-likeness (QED) is 0.430. The second-order valence-corrected chi connectivity index (χ2v) is 14.1. The maximum absolute atomic E-state index is 13.9. The van der Waals surface area contributed by atoms with Gasteiger partial charge in [0.2, 0.25) is 8.07 Å². The van der Waals surface area contributed by atoms with Crippen molar-refractivity contribution < 1.29 is 8.42 Å². The van der Waals surface area contributed by atoms with E-state index >= 15 is 0 Å². The highest BCUT2D eigenvalue weighted by Crippen LogP contribution is 2.41. The minimum atomic E-state index is -3.63. The van der Waals surface area contributed by atoms with Gasteiger partial charge in [-0.1, -0.05) is 91.0 Å². The van der Waals surface area contributed by atoms with Crippen molar-refractivity contribution in [1.29, 1.82) is 0 Å². The van der Waals surface area contributed by atoms with Crippen LogP contribution in [-0.4, -0.2) is 45.8 Å². The van der Waals surface area contributed by atoms with Gasteiger partial charge in [0.15, 0.2) is 0 Å². The monoisotopic (exact) mass is 448 g/mol. The molecule has 0 spiro atoms. The van der Waals surface area contributed by atoms with E-state index in [0.29, 0.717) is 4.53 Å². The molecule has 160 valence electrons. The third-order valence-electron chi connectivity index (χ3n) is 5.78. The van der Waals surface area contributed by atoms with Gasteiger partial charge in [0.05, 0.1) is 0 Å². The van der Waals surface area contributed by atoms with Crippen LogP contribution in [0.25, 0.3) is 0 Å². The average Bonchev–Trinajstić information content (AvgIpc) is 2.77. The zero-order valence-electron chi connectivity index (χ0n) is 18.4. The van der Waals surface area contributed by atoms with Crippen LogP contribution >= 0.6 is 0 Å². The van der Waals surface area contributed by atoms with Crippen molar-refractivity contribution in [3.8, 4) is 0 Å². The minimum Gasteiger partial charge on any atom is -0.363 e. The molecule has 1 aliphatic rings. The highest BCUT2D eigenvalue weighted by atomic mass is 32.2. The molecule has 0 amide bonds. The molecule has 31 heavy (non-hydrogen) atoms. The normalized spacial score (nSPS) is 15.7. The summed E-state index contributed by atoms with van der Waals surface area (Å²) >= 11 is 0. The van der Waals surface area contributed by atoms with E-state index in [1.54, 1.807) is 4.31 Å². The van der Waals surface area contributed by atoms with Crippen LogP contribution < -0.4 is 15.6 Å². The Balaban J connectivity index is 2.22. The molecule has 0 atom stereocenters. The molecule has 3 aromatic rings. The number of hydrogen-bond donors (Lipinski definition) is 0. The molecule has 0 aliphatic carbocycles. The topological polar surface area (TPSA) is 40.6 Å². The van der Waals surface area contributed by atoms with Crippen LogP contribution in [0, 0.1) is 0 Å². The summed E-state index contributed by atoms with van der Waals surface area (Å²) < 4.78 is 30.0. The maximum Gasteiger partial charge on any atom is 0.262 e. The molecule has 4 nitrogen and oxygen atoms in total. The van der Waals surface area contributed by atoms with Crippen molar-refractivity contribution in [3.05, 3.63) is 101 Å². The molecular weight excluding hydrogens is 420 g/mol. The standard InChI is InChI=1S/C25H28N2O2SSi/c1-20(2)27-24(26(3)4)25(30(27,28)29)31(21-14-8-5-9-15-21,22-16-10-6-11-17-22)23-18-12-7-13-19-23/h5-20H,1-4H3. The molecule has 0 aromatic heterocycles. The van der Waals surface area contributed by atoms with Gasteiger partial charge in [-0.3, -0.25) is 0 Å². The maximum atomic E-state index is 13.9. The largest absolute Gasteiger partial charge is 0.363 e. The predicted molar refractivity (Wildman–Crippen MR) is 131 cm³/mol. The lowest BCUT2D eigenvalue weighted by molar-refractivity contribution is 0.301. The van der Waals surface area contributed by atoms with Crippen LogP contribution in [0.3, 0.4) is 0 Å². The fourth-order valence-corrected chi connectivity index (χ4v) is 13.8. The van der Waals surface area contributed by atoms with E-state index in [9.17, 15) is 8.42 Å². The Hall–Kier alpha value is -2.83. The van der Waals surface area contributed by atoms with E-state index in [-0.39, 0.29) is 6.04 Å². The van der Waals surface area contributed by atoms with E-state index in [0.717, 1.165) is 21.4 Å². The fourth-order valence-electron chi connectivity index (χ4n) is 4.63. The Morgan fingerprint density at radius 3 is 1.35 bits per heavy atom. The third-order valence-corrected chi connectivity index (χ3v) is 13.8. The van der Waals surface area contributed by atoms with E-state index in [1.165, 1.54) is 0 Å². The molecule has 0 radical (unpaired) electrons. The minimum absolute atomic E-state index is 0.153. The highest BCUT2D eigenvalue weighted by molar-refractivity contribution is 7.97. The summed E-state index contributed by atoms with van der Waals surface area (Å²) in [6.07, 6.45) is 0. The van der Waals surface area contributed by atoms with Crippen LogP contribution in [0.5, 0.6) is 0 Å². The van der Waals surface area contributed by atoms with Gasteiger partial charge in [-0.25, -0.2) is 12.7 Å². The van der Waals surface area contributed by atoms with Crippen molar-refractivity contribution >= 4 is 33.7 Å². The number of rotatable bonds is 6. The average molecular weight is 449 g/mol. The van der Waals surface area contributed by atoms with Gasteiger partial charge in [-0.05, 0) is 29.4 Å². The third kappa shape index (κ3) is 3.21. The highest BCUT2D eigenvalue weighted by Gasteiger charge is 2.59. The van der Waals surface area contributed by atoms with Crippen molar-refractivity contribution in [1.82, 2.24) is 9.21 Å². The Bertz CT molecular complexity index is 1100. The summed E-state index contributed by atoms with van der Waals surface area (Å²) in [7, 11) is -2.85. The first-order chi connectivity index (χ1) is 14.8. The smallest absolute Gasteiger partial charge is 0.262 e. The van der Waals surface area contributed by atoms with Crippen molar-refractivity contribution in [2.75, 3.05) is 14.1 Å². The summed E-state index contributed by atoms with van der Waals surface area (Å²) in [5.74, 6) is 0.790. The first-order valence-electron chi connectivity index (χ1n) is 10.5. The number of nitrogens with zero attached hydrogens (tertiary/aromatic N) is 2. The SMILES string of the molecule is CC(C)N1C(N(C)C)=C([Si](c2ccccc2)(c2ccccc2)c2ccccc2)S1(=O)=O. The molecule has 1 heterocycles. The second kappa shape index (κ2) is 8.02. The predicted octanol–water partition coefficient (Wildman–Crippen LogP) is 2.48. The van der Waals surface area contributed by atoms with Gasteiger partial charge in [0.25, 0.3) is 10.0 Å². The molecule has 0 saturated carbocycles. The fraction of sp³-hybridized carbons (Fsp3) is 0.200. The van der Waals surface area contributed by atoms with Gasteiger partial charge >= 0.3 is 0 Å². The van der Waals surface area contributed by atoms with Crippen molar-refractivity contribution in [3.63, 3.8) is 0 Å². The van der Waals surface area contributed by atoms with Gasteiger partial charge in [-0.15, -0.1) is 0 Å². The molecule has 0 bridgehead atoms. The Morgan fingerprint density at radius 1 is 0.710 bits per heavy atom. The molecule has 0 fully saturated rings. The molecule has 6 heteroatoms. The van der Waals surface area contributed by atoms with Gasteiger partial charge in [-0.2, -0.15) is 0 Å². The molecule has 3 aromatic carbocycles. The molecule has 0 N–H and O–H groups in total. The van der Waals surface area contributed by atoms with E-state index in [4.69, 9.17) is 0 Å². The lowest BCUT2D eigenvalue weighted by Gasteiger charge is -2.49. The van der Waals surface area contributed by atoms with E-state index < -0.39 is 18.1 Å². The van der Waals surface area contributed by atoms with Crippen LogP contribution in [0.15, 0.2) is 101 Å². The molecule has 1 aliphatic heterocycles. The number of benzene rings is 3. The Kier molecular flexibility index (Phi) is 5.53. The number of hydrogen-bond acceptors (Lipinski definition) is 3. The summed E-state index contributed by atoms with van der Waals surface area (Å²) in [6.45, 7) is 3.85. The molecule has 0 unspecified atom stereocenters. The molecular formula is C25H28N2O2SSi. The summed E-state index contributed by atoms with van der Waals surface area (Å²) in [5, 5.41) is 3.19.